The number of anilines is 2. The molecule has 22 heteroatoms. The van der Waals surface area contributed by atoms with Crippen LogP contribution in [0.2, 0.25) is 0 Å². The minimum absolute atomic E-state index is 0.00263. The first kappa shape index (κ1) is 54.8. The molecule has 7 rings (SSSR count). The standard InChI is InChI=1S/C53H63N9O13/c1-3-18-60(19-4-2)51(69)35-23-33-10-11-34(25-40(33)58-44(54)26-35)50(68)57-37-24-36-30-61(21-16-39(36)56-29-37)53(72)73-31-32-9-12-42(74-49-28-38(63)27-43(75-49)52(70)71)41(22-32)59-46(65)15-17-55-45(64)8-6-5-7-20-62-47(66)13-14-48(62)67/h9-14,22-25,29,38,43,49,63H,3-8,15-21,26-28,30-31H2,1-2H3,(H2,54,58)(H,55,64)(H,57,68)(H,59,65)(H,70,71)/t38-,43-,49+/m0/s1. The number of unbranched alkanes of at least 4 members (excludes halogenated alkanes) is 2. The first-order valence-electron chi connectivity index (χ1n) is 25.2. The number of nitrogens with one attached hydrogen (secondary N) is 3. The van der Waals surface area contributed by atoms with E-state index in [9.17, 15) is 48.6 Å². The number of carboxylic acid groups (broad SMARTS) is 1. The van der Waals surface area contributed by atoms with Crippen LogP contribution < -0.4 is 26.4 Å². The van der Waals surface area contributed by atoms with Gasteiger partial charge >= 0.3 is 12.1 Å². The average molecular weight is 1030 g/mol. The molecule has 2 aromatic carbocycles. The first-order valence-corrected chi connectivity index (χ1v) is 25.2. The van der Waals surface area contributed by atoms with E-state index in [0.717, 1.165) is 23.4 Å². The number of aliphatic hydroxyl groups is 1. The highest BCUT2D eigenvalue weighted by Gasteiger charge is 2.35. The number of imide groups is 1. The van der Waals surface area contributed by atoms with Gasteiger partial charge in [0.15, 0.2) is 6.10 Å². The first-order chi connectivity index (χ1) is 36.1. The summed E-state index contributed by atoms with van der Waals surface area (Å²) in [6.45, 7) is 5.78. The Hall–Kier alpha value is -7.98. The van der Waals surface area contributed by atoms with Crippen molar-refractivity contribution in [2.24, 2.45) is 10.7 Å². The summed E-state index contributed by atoms with van der Waals surface area (Å²) in [5.41, 5.74) is 10.7. The van der Waals surface area contributed by atoms with E-state index in [0.29, 0.717) is 84.5 Å². The molecule has 75 heavy (non-hydrogen) atoms. The van der Waals surface area contributed by atoms with Crippen LogP contribution in [0.5, 0.6) is 5.75 Å². The third kappa shape index (κ3) is 15.1. The largest absolute Gasteiger partial charge is 0.479 e. The molecular weight excluding hydrogens is 971 g/mol. The van der Waals surface area contributed by atoms with E-state index in [1.165, 1.54) is 29.2 Å². The number of ether oxygens (including phenoxy) is 3. The van der Waals surface area contributed by atoms with Crippen molar-refractivity contribution in [1.82, 2.24) is 25.0 Å². The van der Waals surface area contributed by atoms with Crippen molar-refractivity contribution < 1.29 is 62.8 Å². The molecule has 5 heterocycles. The molecule has 7 amide bonds. The lowest BCUT2D eigenvalue weighted by molar-refractivity contribution is -0.195. The zero-order chi connectivity index (χ0) is 53.6. The van der Waals surface area contributed by atoms with Crippen molar-refractivity contribution in [3.63, 3.8) is 0 Å². The number of carbonyl (C=O) groups is 8. The number of aliphatic carboxylic acids is 1. The molecule has 1 fully saturated rings. The smallest absolute Gasteiger partial charge is 0.410 e. The number of nitrogens with two attached hydrogens (primary N) is 1. The lowest BCUT2D eigenvalue weighted by Gasteiger charge is -2.31. The van der Waals surface area contributed by atoms with Crippen LogP contribution >= 0.6 is 0 Å². The fourth-order valence-electron chi connectivity index (χ4n) is 8.92. The molecule has 0 spiro atoms. The molecule has 1 saturated heterocycles. The number of hydrogen-bond acceptors (Lipinski definition) is 15. The number of rotatable bonds is 22. The molecule has 3 aromatic rings. The summed E-state index contributed by atoms with van der Waals surface area (Å²) in [6.07, 6.45) is 5.41. The topological polar surface area (TPSA) is 302 Å². The van der Waals surface area contributed by atoms with E-state index in [2.05, 4.69) is 25.9 Å². The van der Waals surface area contributed by atoms with Gasteiger partial charge < -0.3 is 55.9 Å². The van der Waals surface area contributed by atoms with Crippen LogP contribution in [0.3, 0.4) is 0 Å². The number of carbonyl (C=O) groups excluding carboxylic acids is 7. The van der Waals surface area contributed by atoms with Crippen molar-refractivity contribution in [1.29, 1.82) is 0 Å². The maximum absolute atomic E-state index is 13.6. The number of aliphatic hydroxyl groups excluding tert-OH is 1. The molecular formula is C53H63N9O13. The van der Waals surface area contributed by atoms with Gasteiger partial charge in [0.05, 0.1) is 35.9 Å². The summed E-state index contributed by atoms with van der Waals surface area (Å²) < 4.78 is 17.3. The highest BCUT2D eigenvalue weighted by molar-refractivity contribution is 6.13. The van der Waals surface area contributed by atoms with Gasteiger partial charge in [-0.15, -0.1) is 0 Å². The molecule has 0 radical (unpaired) electrons. The maximum atomic E-state index is 13.6. The van der Waals surface area contributed by atoms with Crippen LogP contribution in [-0.2, 0) is 57.8 Å². The molecule has 3 atom stereocenters. The van der Waals surface area contributed by atoms with Crippen molar-refractivity contribution in [2.75, 3.05) is 43.4 Å². The Morgan fingerprint density at radius 2 is 1.69 bits per heavy atom. The molecule has 398 valence electrons. The van der Waals surface area contributed by atoms with Gasteiger partial charge in [-0.05, 0) is 73.2 Å². The van der Waals surface area contributed by atoms with E-state index in [-0.39, 0.29) is 99.2 Å². The third-order valence-electron chi connectivity index (χ3n) is 12.7. The minimum atomic E-state index is -1.32. The van der Waals surface area contributed by atoms with Crippen LogP contribution in [0.1, 0.15) is 111 Å². The van der Waals surface area contributed by atoms with Gasteiger partial charge in [-0.1, -0.05) is 32.4 Å². The lowest BCUT2D eigenvalue weighted by Crippen LogP contribution is -2.42. The lowest BCUT2D eigenvalue weighted by atomic mass is 10.0. The minimum Gasteiger partial charge on any atom is -0.479 e. The third-order valence-corrected chi connectivity index (χ3v) is 12.7. The van der Waals surface area contributed by atoms with E-state index >= 15 is 0 Å². The molecule has 0 unspecified atom stereocenters. The molecule has 4 aliphatic heterocycles. The van der Waals surface area contributed by atoms with Crippen LogP contribution in [0.15, 0.2) is 71.4 Å². The van der Waals surface area contributed by atoms with E-state index < -0.39 is 42.4 Å². The van der Waals surface area contributed by atoms with Crippen LogP contribution in [-0.4, -0.2) is 134 Å². The van der Waals surface area contributed by atoms with E-state index in [1.807, 2.05) is 18.7 Å². The summed E-state index contributed by atoms with van der Waals surface area (Å²) in [5, 5.41) is 28.2. The van der Waals surface area contributed by atoms with Crippen molar-refractivity contribution in [3.8, 4) is 5.75 Å². The number of nitrogens with zero attached hydrogens (tertiary/aromatic N) is 5. The quantitative estimate of drug-likeness (QED) is 0.0587. The Balaban J connectivity index is 0.938. The average Bonchev–Trinajstić information content (AvgIpc) is 3.59. The van der Waals surface area contributed by atoms with Gasteiger partial charge in [0.1, 0.15) is 18.2 Å². The van der Waals surface area contributed by atoms with Gasteiger partial charge in [-0.3, -0.25) is 38.7 Å². The highest BCUT2D eigenvalue weighted by Crippen LogP contribution is 2.32. The predicted octanol–water partition coefficient (Wildman–Crippen LogP) is 4.71. The second kappa shape index (κ2) is 25.8. The molecule has 4 aliphatic rings. The van der Waals surface area contributed by atoms with E-state index in [4.69, 9.17) is 19.9 Å². The monoisotopic (exact) mass is 1030 g/mol. The molecule has 0 aliphatic carbocycles. The normalized spacial score (nSPS) is 17.9. The van der Waals surface area contributed by atoms with Gasteiger partial charge in [-0.25, -0.2) is 14.6 Å². The fourth-order valence-corrected chi connectivity index (χ4v) is 8.92. The molecule has 1 aromatic heterocycles. The molecule has 0 bridgehead atoms. The summed E-state index contributed by atoms with van der Waals surface area (Å²) in [7, 11) is 0. The Morgan fingerprint density at radius 1 is 0.920 bits per heavy atom. The number of aliphatic imine (C=N–C) groups is 1. The van der Waals surface area contributed by atoms with Gasteiger partial charge in [0.25, 0.3) is 17.7 Å². The number of benzene rings is 2. The number of hydrogen-bond donors (Lipinski definition) is 6. The number of amides is 7. The number of aromatic nitrogens is 1. The summed E-state index contributed by atoms with van der Waals surface area (Å²) in [6, 6.07) is 11.3. The highest BCUT2D eigenvalue weighted by atomic mass is 16.7. The Morgan fingerprint density at radius 3 is 2.44 bits per heavy atom. The fraction of sp³-hybridized carbons (Fsp3) is 0.434. The number of pyridine rings is 1. The Labute approximate surface area is 433 Å². The van der Waals surface area contributed by atoms with E-state index in [1.54, 1.807) is 42.6 Å². The molecule has 7 N–H and O–H groups in total. The van der Waals surface area contributed by atoms with Gasteiger partial charge in [0, 0.05) is 106 Å². The number of carboxylic acids is 1. The maximum Gasteiger partial charge on any atom is 0.410 e. The zero-order valence-electron chi connectivity index (χ0n) is 42.0. The van der Waals surface area contributed by atoms with Crippen LogP contribution in [0.25, 0.3) is 6.08 Å². The van der Waals surface area contributed by atoms with Crippen molar-refractivity contribution in [2.45, 2.75) is 116 Å². The van der Waals surface area contributed by atoms with Crippen molar-refractivity contribution in [3.05, 3.63) is 94.3 Å². The van der Waals surface area contributed by atoms with Crippen LogP contribution in [0, 0.1) is 0 Å². The van der Waals surface area contributed by atoms with Gasteiger partial charge in [-0.2, -0.15) is 0 Å². The number of fused-ring (bicyclic) bond motifs is 2. The Kier molecular flexibility index (Phi) is 18.8. The second-order valence-electron chi connectivity index (χ2n) is 18.6. The molecule has 0 saturated carbocycles. The zero-order valence-corrected chi connectivity index (χ0v) is 42.0. The van der Waals surface area contributed by atoms with Crippen molar-refractivity contribution >= 4 is 76.5 Å². The molecule has 22 nitrogen and oxygen atoms in total. The summed E-state index contributed by atoms with van der Waals surface area (Å²) in [5.74, 6) is -2.95. The Bertz CT molecular complexity index is 2750. The predicted molar refractivity (Wildman–Crippen MR) is 273 cm³/mol. The van der Waals surface area contributed by atoms with Gasteiger partial charge in [0.2, 0.25) is 24.0 Å². The summed E-state index contributed by atoms with van der Waals surface area (Å²) >= 11 is 0. The summed E-state index contributed by atoms with van der Waals surface area (Å²) in [4.78, 5) is 115. The van der Waals surface area contributed by atoms with Crippen LogP contribution in [0.4, 0.5) is 21.9 Å². The second-order valence-corrected chi connectivity index (χ2v) is 18.6. The SMILES string of the molecule is CCCN(CCC)C(=O)C1=Cc2ccc(C(=O)Nc3cnc4c(c3)CN(C(=O)OCc3ccc(O[C@H]5C[C@@H](O)C[C@@H](C(=O)O)O5)c(NC(=O)CCNC(=O)CCCCCN5C(=O)C=CC5=O)c3)CC4)cc2N=C(N)C1. The number of amidine groups is 1.